The molecule has 0 radical (unpaired) electrons. The topological polar surface area (TPSA) is 90.9 Å². The number of nitrogens with one attached hydrogen (secondary N) is 1. The van der Waals surface area contributed by atoms with Gasteiger partial charge in [0.25, 0.3) is 0 Å². The first kappa shape index (κ1) is 9.28. The van der Waals surface area contributed by atoms with Crippen LogP contribution >= 0.6 is 0 Å². The molecule has 0 aliphatic heterocycles. The van der Waals surface area contributed by atoms with Gasteiger partial charge in [-0.3, -0.25) is 5.21 Å². The van der Waals surface area contributed by atoms with Crippen molar-refractivity contribution in [3.8, 4) is 0 Å². The van der Waals surface area contributed by atoms with Gasteiger partial charge in [-0.05, 0) is 12.8 Å². The van der Waals surface area contributed by atoms with E-state index in [4.69, 9.17) is 10.9 Å². The number of aliphatic imine (C=N–C) groups is 1. The number of aliphatic hydroxyl groups excluding tert-OH is 1. The van der Waals surface area contributed by atoms with E-state index in [-0.39, 0.29) is 12.0 Å². The lowest BCUT2D eigenvalue weighted by molar-refractivity contribution is 0.108. The van der Waals surface area contributed by atoms with Crippen LogP contribution in [0.4, 0.5) is 0 Å². The SMILES string of the molecule is NC(=NC1CCCCC1O)NO. The summed E-state index contributed by atoms with van der Waals surface area (Å²) < 4.78 is 0. The molecule has 2 atom stereocenters. The number of nitrogens with two attached hydrogens (primary N) is 1. The fraction of sp³-hybridized carbons (Fsp3) is 0.857. The van der Waals surface area contributed by atoms with E-state index in [0.717, 1.165) is 25.7 Å². The van der Waals surface area contributed by atoms with Crippen LogP contribution < -0.4 is 11.2 Å². The molecule has 0 aromatic heterocycles. The standard InChI is InChI=1S/C7H15N3O2/c8-7(10-12)9-5-3-1-2-4-6(5)11/h5-6,11-12H,1-4H2,(H3,8,9,10). The van der Waals surface area contributed by atoms with Gasteiger partial charge in [0.05, 0.1) is 12.1 Å². The summed E-state index contributed by atoms with van der Waals surface area (Å²) in [6.07, 6.45) is 3.30. The Hall–Kier alpha value is -0.810. The van der Waals surface area contributed by atoms with Crippen molar-refractivity contribution in [2.45, 2.75) is 37.8 Å². The Morgan fingerprint density at radius 3 is 2.67 bits per heavy atom. The third-order valence-corrected chi connectivity index (χ3v) is 2.11. The van der Waals surface area contributed by atoms with Crippen molar-refractivity contribution in [2.75, 3.05) is 0 Å². The van der Waals surface area contributed by atoms with Crippen LogP contribution in [0.15, 0.2) is 4.99 Å². The molecule has 1 saturated carbocycles. The lowest BCUT2D eigenvalue weighted by atomic mass is 9.93. The Labute approximate surface area is 71.3 Å². The number of hydrogen-bond acceptors (Lipinski definition) is 3. The predicted molar refractivity (Wildman–Crippen MR) is 44.8 cm³/mol. The minimum Gasteiger partial charge on any atom is -0.391 e. The van der Waals surface area contributed by atoms with Gasteiger partial charge in [-0.25, -0.2) is 10.5 Å². The molecule has 70 valence electrons. The lowest BCUT2D eigenvalue weighted by Crippen LogP contribution is -2.35. The Bertz CT molecular complexity index is 172. The van der Waals surface area contributed by atoms with Crippen molar-refractivity contribution in [2.24, 2.45) is 10.7 Å². The summed E-state index contributed by atoms with van der Waals surface area (Å²) in [4.78, 5) is 3.92. The van der Waals surface area contributed by atoms with Crippen LogP contribution in [0, 0.1) is 0 Å². The molecule has 0 spiro atoms. The summed E-state index contributed by atoms with van der Waals surface area (Å²) in [7, 11) is 0. The van der Waals surface area contributed by atoms with Gasteiger partial charge in [0.2, 0.25) is 5.96 Å². The van der Waals surface area contributed by atoms with Crippen LogP contribution in [0.1, 0.15) is 25.7 Å². The molecule has 0 aromatic rings. The number of aliphatic hydroxyl groups is 1. The van der Waals surface area contributed by atoms with Gasteiger partial charge < -0.3 is 10.8 Å². The summed E-state index contributed by atoms with van der Waals surface area (Å²) in [5.74, 6) is -0.0269. The molecule has 1 rings (SSSR count). The van der Waals surface area contributed by atoms with Crippen molar-refractivity contribution >= 4 is 5.96 Å². The lowest BCUT2D eigenvalue weighted by Gasteiger charge is -2.24. The molecular formula is C7H15N3O2. The molecule has 1 aliphatic rings. The van der Waals surface area contributed by atoms with E-state index in [2.05, 4.69) is 4.99 Å². The molecular weight excluding hydrogens is 158 g/mol. The number of hydroxylamine groups is 1. The van der Waals surface area contributed by atoms with Crippen LogP contribution in [-0.2, 0) is 0 Å². The van der Waals surface area contributed by atoms with E-state index in [0.29, 0.717) is 0 Å². The first-order valence-corrected chi connectivity index (χ1v) is 4.15. The van der Waals surface area contributed by atoms with E-state index in [9.17, 15) is 5.11 Å². The minimum atomic E-state index is -0.411. The average Bonchev–Trinajstić information content (AvgIpc) is 2.09. The fourth-order valence-corrected chi connectivity index (χ4v) is 1.45. The van der Waals surface area contributed by atoms with Gasteiger partial charge in [0, 0.05) is 0 Å². The maximum Gasteiger partial charge on any atom is 0.213 e. The normalized spacial score (nSPS) is 31.7. The quantitative estimate of drug-likeness (QED) is 0.246. The van der Waals surface area contributed by atoms with E-state index in [1.54, 1.807) is 5.48 Å². The number of guanidine groups is 1. The van der Waals surface area contributed by atoms with Crippen molar-refractivity contribution in [1.29, 1.82) is 0 Å². The molecule has 2 unspecified atom stereocenters. The van der Waals surface area contributed by atoms with Gasteiger partial charge in [-0.1, -0.05) is 12.8 Å². The largest absolute Gasteiger partial charge is 0.391 e. The van der Waals surface area contributed by atoms with Crippen LogP contribution in [0.2, 0.25) is 0 Å². The highest BCUT2D eigenvalue weighted by Crippen LogP contribution is 2.20. The first-order chi connectivity index (χ1) is 5.74. The predicted octanol–water partition coefficient (Wildman–Crippen LogP) is -0.417. The molecule has 5 N–H and O–H groups in total. The van der Waals surface area contributed by atoms with Crippen LogP contribution in [0.5, 0.6) is 0 Å². The monoisotopic (exact) mass is 173 g/mol. The molecule has 0 aromatic carbocycles. The van der Waals surface area contributed by atoms with E-state index in [1.807, 2.05) is 0 Å². The molecule has 0 saturated heterocycles. The molecule has 1 fully saturated rings. The fourth-order valence-electron chi connectivity index (χ4n) is 1.45. The molecule has 1 aliphatic carbocycles. The van der Waals surface area contributed by atoms with E-state index in [1.165, 1.54) is 0 Å². The molecule has 12 heavy (non-hydrogen) atoms. The third-order valence-electron chi connectivity index (χ3n) is 2.11. The summed E-state index contributed by atoms with van der Waals surface area (Å²) in [5, 5.41) is 17.8. The van der Waals surface area contributed by atoms with Crippen molar-refractivity contribution < 1.29 is 10.3 Å². The Kier molecular flexibility index (Phi) is 3.31. The van der Waals surface area contributed by atoms with Crippen molar-refractivity contribution in [3.05, 3.63) is 0 Å². The summed E-state index contributed by atoms with van der Waals surface area (Å²) in [5.41, 5.74) is 6.99. The average molecular weight is 173 g/mol. The van der Waals surface area contributed by atoms with Gasteiger partial charge >= 0.3 is 0 Å². The smallest absolute Gasteiger partial charge is 0.213 e. The number of nitrogens with zero attached hydrogens (tertiary/aromatic N) is 1. The highest BCUT2D eigenvalue weighted by atomic mass is 16.5. The Morgan fingerprint density at radius 2 is 2.08 bits per heavy atom. The Balaban J connectivity index is 2.48. The molecule has 0 bridgehead atoms. The second-order valence-electron chi connectivity index (χ2n) is 3.05. The van der Waals surface area contributed by atoms with E-state index >= 15 is 0 Å². The first-order valence-electron chi connectivity index (χ1n) is 4.15. The highest BCUT2D eigenvalue weighted by molar-refractivity contribution is 5.76. The highest BCUT2D eigenvalue weighted by Gasteiger charge is 2.22. The Morgan fingerprint density at radius 1 is 1.42 bits per heavy atom. The number of hydrogen-bond donors (Lipinski definition) is 4. The maximum absolute atomic E-state index is 9.44. The number of rotatable bonds is 1. The van der Waals surface area contributed by atoms with E-state index < -0.39 is 6.10 Å². The maximum atomic E-state index is 9.44. The second kappa shape index (κ2) is 4.27. The molecule has 0 amide bonds. The van der Waals surface area contributed by atoms with Crippen molar-refractivity contribution in [3.63, 3.8) is 0 Å². The van der Waals surface area contributed by atoms with Crippen LogP contribution in [-0.4, -0.2) is 28.4 Å². The third kappa shape index (κ3) is 2.35. The molecule has 0 heterocycles. The second-order valence-corrected chi connectivity index (χ2v) is 3.05. The van der Waals surface area contributed by atoms with Gasteiger partial charge in [-0.15, -0.1) is 0 Å². The molecule has 5 heteroatoms. The zero-order valence-electron chi connectivity index (χ0n) is 6.90. The van der Waals surface area contributed by atoms with Crippen LogP contribution in [0.25, 0.3) is 0 Å². The van der Waals surface area contributed by atoms with Gasteiger partial charge in [-0.2, -0.15) is 0 Å². The summed E-state index contributed by atoms with van der Waals surface area (Å²) >= 11 is 0. The van der Waals surface area contributed by atoms with Gasteiger partial charge in [0.15, 0.2) is 0 Å². The van der Waals surface area contributed by atoms with Crippen molar-refractivity contribution in [1.82, 2.24) is 5.48 Å². The summed E-state index contributed by atoms with van der Waals surface area (Å²) in [6.45, 7) is 0. The molecule has 5 nitrogen and oxygen atoms in total. The zero-order chi connectivity index (χ0) is 8.97. The van der Waals surface area contributed by atoms with Crippen LogP contribution in [0.3, 0.4) is 0 Å². The van der Waals surface area contributed by atoms with Gasteiger partial charge in [0.1, 0.15) is 0 Å². The minimum absolute atomic E-state index is 0.0269. The zero-order valence-corrected chi connectivity index (χ0v) is 6.90. The summed E-state index contributed by atoms with van der Waals surface area (Å²) in [6, 6.07) is -0.154.